The number of halogens is 1. The van der Waals surface area contributed by atoms with Gasteiger partial charge in [0.1, 0.15) is 0 Å². The van der Waals surface area contributed by atoms with Crippen LogP contribution in [0.4, 0.5) is 5.69 Å². The van der Waals surface area contributed by atoms with Crippen LogP contribution in [0.2, 0.25) is 5.22 Å². The van der Waals surface area contributed by atoms with Crippen LogP contribution < -0.4 is 11.1 Å². The average Bonchev–Trinajstić information content (AvgIpc) is 2.77. The molecule has 5 nitrogen and oxygen atoms in total. The van der Waals surface area contributed by atoms with Crippen molar-refractivity contribution in [2.75, 3.05) is 5.32 Å². The molecular weight excluding hydrogens is 268 g/mol. The van der Waals surface area contributed by atoms with Crippen LogP contribution in [-0.4, -0.2) is 11.8 Å². The number of rotatable bonds is 3. The number of primary amides is 1. The van der Waals surface area contributed by atoms with Crippen LogP contribution in [0.15, 0.2) is 34.9 Å². The van der Waals surface area contributed by atoms with Crippen molar-refractivity contribution in [1.82, 2.24) is 0 Å². The van der Waals surface area contributed by atoms with Gasteiger partial charge < -0.3 is 15.5 Å². The first-order chi connectivity index (χ1) is 9.00. The fourth-order valence-electron chi connectivity index (χ4n) is 1.68. The zero-order valence-electron chi connectivity index (χ0n) is 10.1. The lowest BCUT2D eigenvalue weighted by Gasteiger charge is -2.10. The summed E-state index contributed by atoms with van der Waals surface area (Å²) in [5.74, 6) is -0.960. The first-order valence-corrected chi connectivity index (χ1v) is 5.82. The van der Waals surface area contributed by atoms with Crippen molar-refractivity contribution in [3.63, 3.8) is 0 Å². The molecule has 2 rings (SSSR count). The normalized spacial score (nSPS) is 10.2. The number of nitrogens with two attached hydrogens (primary N) is 1. The molecule has 0 aliphatic carbocycles. The molecule has 0 aliphatic rings. The van der Waals surface area contributed by atoms with Gasteiger partial charge in [-0.2, -0.15) is 0 Å². The Balaban J connectivity index is 2.30. The summed E-state index contributed by atoms with van der Waals surface area (Å²) in [7, 11) is 0. The second-order valence-electron chi connectivity index (χ2n) is 3.90. The van der Waals surface area contributed by atoms with Gasteiger partial charge in [0, 0.05) is 11.3 Å². The Labute approximate surface area is 114 Å². The lowest BCUT2D eigenvalue weighted by Crippen LogP contribution is -2.16. The molecular formula is C13H11ClN2O3. The van der Waals surface area contributed by atoms with Gasteiger partial charge in [0.25, 0.3) is 5.91 Å². The van der Waals surface area contributed by atoms with Crippen molar-refractivity contribution in [3.8, 4) is 0 Å². The molecule has 6 heteroatoms. The van der Waals surface area contributed by atoms with Crippen LogP contribution in [0.25, 0.3) is 0 Å². The Morgan fingerprint density at radius 1 is 1.26 bits per heavy atom. The van der Waals surface area contributed by atoms with Gasteiger partial charge in [-0.1, -0.05) is 6.07 Å². The molecule has 0 atom stereocenters. The summed E-state index contributed by atoms with van der Waals surface area (Å²) in [6.07, 6.45) is 1.32. The molecule has 2 aromatic rings. The van der Waals surface area contributed by atoms with Gasteiger partial charge in [0.15, 0.2) is 0 Å². The number of carbonyl (C=O) groups excluding carboxylic acids is 2. The van der Waals surface area contributed by atoms with Gasteiger partial charge in [-0.15, -0.1) is 0 Å². The zero-order chi connectivity index (χ0) is 14.0. The lowest BCUT2D eigenvalue weighted by molar-refractivity contribution is 0.0995. The molecule has 2 amide bonds. The molecule has 0 saturated carbocycles. The predicted octanol–water partition coefficient (Wildman–Crippen LogP) is 2.59. The van der Waals surface area contributed by atoms with Gasteiger partial charge in [-0.3, -0.25) is 9.59 Å². The second-order valence-corrected chi connectivity index (χ2v) is 4.25. The monoisotopic (exact) mass is 278 g/mol. The van der Waals surface area contributed by atoms with Gasteiger partial charge in [-0.05, 0) is 42.3 Å². The van der Waals surface area contributed by atoms with Crippen LogP contribution in [0.5, 0.6) is 0 Å². The highest BCUT2D eigenvalue weighted by atomic mass is 35.5. The maximum atomic E-state index is 12.0. The number of nitrogens with one attached hydrogen (secondary N) is 1. The largest absolute Gasteiger partial charge is 0.452 e. The van der Waals surface area contributed by atoms with E-state index in [2.05, 4.69) is 5.32 Å². The minimum Gasteiger partial charge on any atom is -0.452 e. The molecule has 1 heterocycles. The molecule has 0 bridgehead atoms. The minimum absolute atomic E-state index is 0.0150. The fourth-order valence-corrected chi connectivity index (χ4v) is 1.88. The van der Waals surface area contributed by atoms with Crippen LogP contribution in [0, 0.1) is 6.92 Å². The summed E-state index contributed by atoms with van der Waals surface area (Å²) in [5, 5.41) is 2.67. The summed E-state index contributed by atoms with van der Waals surface area (Å²) in [5.41, 5.74) is 6.93. The maximum absolute atomic E-state index is 12.0. The van der Waals surface area contributed by atoms with E-state index in [0.29, 0.717) is 16.8 Å². The van der Waals surface area contributed by atoms with E-state index in [-0.39, 0.29) is 10.8 Å². The summed E-state index contributed by atoms with van der Waals surface area (Å²) in [4.78, 5) is 23.2. The third-order valence-corrected chi connectivity index (χ3v) is 3.00. The van der Waals surface area contributed by atoms with Crippen LogP contribution >= 0.6 is 11.6 Å². The summed E-state index contributed by atoms with van der Waals surface area (Å²) in [6.45, 7) is 1.70. The Morgan fingerprint density at radius 2 is 2.00 bits per heavy atom. The van der Waals surface area contributed by atoms with Gasteiger partial charge >= 0.3 is 0 Å². The van der Waals surface area contributed by atoms with Crippen molar-refractivity contribution in [1.29, 1.82) is 0 Å². The van der Waals surface area contributed by atoms with E-state index in [1.54, 1.807) is 25.1 Å². The Bertz CT molecular complexity index is 649. The highest BCUT2D eigenvalue weighted by molar-refractivity contribution is 6.32. The smallest absolute Gasteiger partial charge is 0.260 e. The molecule has 1 aromatic heterocycles. The number of benzene rings is 1. The minimum atomic E-state index is -0.546. The van der Waals surface area contributed by atoms with Gasteiger partial charge in [0.05, 0.1) is 11.8 Å². The molecule has 98 valence electrons. The highest BCUT2D eigenvalue weighted by Crippen LogP contribution is 2.22. The van der Waals surface area contributed by atoms with E-state index in [4.69, 9.17) is 21.8 Å². The van der Waals surface area contributed by atoms with E-state index in [1.165, 1.54) is 12.3 Å². The number of furan rings is 1. The van der Waals surface area contributed by atoms with Gasteiger partial charge in [-0.25, -0.2) is 0 Å². The average molecular weight is 279 g/mol. The van der Waals surface area contributed by atoms with Crippen molar-refractivity contribution >= 4 is 29.1 Å². The molecule has 0 unspecified atom stereocenters. The zero-order valence-corrected chi connectivity index (χ0v) is 10.8. The quantitative estimate of drug-likeness (QED) is 0.905. The van der Waals surface area contributed by atoms with E-state index >= 15 is 0 Å². The summed E-state index contributed by atoms with van der Waals surface area (Å²) < 4.78 is 4.85. The van der Waals surface area contributed by atoms with E-state index in [9.17, 15) is 9.59 Å². The molecule has 0 fully saturated rings. The van der Waals surface area contributed by atoms with Crippen molar-refractivity contribution in [2.24, 2.45) is 5.73 Å². The SMILES string of the molecule is Cc1c(NC(=O)c2ccoc2Cl)cccc1C(N)=O. The topological polar surface area (TPSA) is 85.3 Å². The molecule has 0 aliphatic heterocycles. The van der Waals surface area contributed by atoms with E-state index in [1.807, 2.05) is 0 Å². The van der Waals surface area contributed by atoms with Gasteiger partial charge in [0.2, 0.25) is 11.1 Å². The molecule has 0 radical (unpaired) electrons. The number of amides is 2. The summed E-state index contributed by atoms with van der Waals surface area (Å²) >= 11 is 5.72. The third-order valence-electron chi connectivity index (χ3n) is 2.71. The maximum Gasteiger partial charge on any atom is 0.260 e. The third kappa shape index (κ3) is 2.61. The lowest BCUT2D eigenvalue weighted by atomic mass is 10.1. The molecule has 0 saturated heterocycles. The van der Waals surface area contributed by atoms with Crippen molar-refractivity contribution in [2.45, 2.75) is 6.92 Å². The standard InChI is InChI=1S/C13H11ClN2O3/c1-7-8(12(15)17)3-2-4-10(7)16-13(18)9-5-6-19-11(9)14/h2-6H,1H3,(H2,15,17)(H,16,18). The molecule has 1 aromatic carbocycles. The number of hydrogen-bond acceptors (Lipinski definition) is 3. The molecule has 0 spiro atoms. The van der Waals surface area contributed by atoms with Crippen LogP contribution in [0.1, 0.15) is 26.3 Å². The van der Waals surface area contributed by atoms with Crippen LogP contribution in [0.3, 0.4) is 0 Å². The Kier molecular flexibility index (Phi) is 3.57. The first-order valence-electron chi connectivity index (χ1n) is 5.44. The number of hydrogen-bond donors (Lipinski definition) is 2. The van der Waals surface area contributed by atoms with E-state index < -0.39 is 11.8 Å². The number of carbonyl (C=O) groups is 2. The second kappa shape index (κ2) is 5.16. The summed E-state index contributed by atoms with van der Waals surface area (Å²) in [6, 6.07) is 6.37. The first kappa shape index (κ1) is 13.2. The fraction of sp³-hybridized carbons (Fsp3) is 0.0769. The molecule has 3 N–H and O–H groups in total. The predicted molar refractivity (Wildman–Crippen MR) is 71.4 cm³/mol. The van der Waals surface area contributed by atoms with E-state index in [0.717, 1.165) is 0 Å². The van der Waals surface area contributed by atoms with Crippen molar-refractivity contribution < 1.29 is 14.0 Å². The Hall–Kier alpha value is -2.27. The van der Waals surface area contributed by atoms with Crippen molar-refractivity contribution in [3.05, 3.63) is 52.4 Å². The van der Waals surface area contributed by atoms with Crippen LogP contribution in [-0.2, 0) is 0 Å². The highest BCUT2D eigenvalue weighted by Gasteiger charge is 2.15. The Morgan fingerprint density at radius 3 is 2.58 bits per heavy atom. The molecule has 19 heavy (non-hydrogen) atoms. The number of anilines is 1.